The molecule has 4 aromatic rings. The first kappa shape index (κ1) is 19.8. The Morgan fingerprint density at radius 1 is 1.13 bits per heavy atom. The van der Waals surface area contributed by atoms with Crippen LogP contribution in [0.5, 0.6) is 0 Å². The van der Waals surface area contributed by atoms with Gasteiger partial charge >= 0.3 is 0 Å². The van der Waals surface area contributed by atoms with Crippen molar-refractivity contribution in [3.05, 3.63) is 100 Å². The second-order valence-corrected chi connectivity index (χ2v) is 7.33. The molecule has 0 saturated heterocycles. The molecule has 0 atom stereocenters. The molecule has 0 fully saturated rings. The van der Waals surface area contributed by atoms with Crippen LogP contribution in [-0.4, -0.2) is 25.5 Å². The number of hydrogen-bond acceptors (Lipinski definition) is 3. The number of aryl methyl sites for hydroxylation is 1. The lowest BCUT2D eigenvalue weighted by molar-refractivity contribution is 0.102. The van der Waals surface area contributed by atoms with Crippen LogP contribution in [0.2, 0.25) is 5.02 Å². The normalized spacial score (nSPS) is 10.9. The lowest BCUT2D eigenvalue weighted by Gasteiger charge is -2.07. The van der Waals surface area contributed by atoms with Crippen LogP contribution in [0.25, 0.3) is 0 Å². The lowest BCUT2D eigenvalue weighted by atomic mass is 10.1. The maximum Gasteiger partial charge on any atom is 0.256 e. The van der Waals surface area contributed by atoms with Crippen molar-refractivity contribution in [1.29, 1.82) is 0 Å². The lowest BCUT2D eigenvalue weighted by Crippen LogP contribution is -2.13. The number of anilines is 1. The van der Waals surface area contributed by atoms with Gasteiger partial charge in [-0.05, 0) is 48.4 Å². The van der Waals surface area contributed by atoms with Crippen LogP contribution in [-0.2, 0) is 13.1 Å². The summed E-state index contributed by atoms with van der Waals surface area (Å²) >= 11 is 6.11. The molecule has 6 nitrogen and oxygen atoms in total. The molecule has 2 aromatic heterocycles. The fourth-order valence-electron chi connectivity index (χ4n) is 3.12. The van der Waals surface area contributed by atoms with Crippen LogP contribution in [0.3, 0.4) is 0 Å². The van der Waals surface area contributed by atoms with Crippen molar-refractivity contribution in [2.45, 2.75) is 20.0 Å². The Morgan fingerprint density at radius 2 is 2.00 bits per heavy atom. The summed E-state index contributed by atoms with van der Waals surface area (Å²) in [5, 5.41) is 11.8. The number of benzene rings is 2. The summed E-state index contributed by atoms with van der Waals surface area (Å²) in [6.07, 6.45) is 3.59. The van der Waals surface area contributed by atoms with E-state index in [1.807, 2.05) is 37.4 Å². The van der Waals surface area contributed by atoms with Gasteiger partial charge in [0.25, 0.3) is 5.91 Å². The largest absolute Gasteiger partial charge is 0.305 e. The van der Waals surface area contributed by atoms with Crippen molar-refractivity contribution >= 4 is 23.3 Å². The predicted octanol–water partition coefficient (Wildman–Crippen LogP) is 4.53. The van der Waals surface area contributed by atoms with Crippen LogP contribution < -0.4 is 5.32 Å². The maximum absolute atomic E-state index is 13.2. The van der Waals surface area contributed by atoms with Crippen molar-refractivity contribution in [3.63, 3.8) is 0 Å². The highest BCUT2D eigenvalue weighted by Crippen LogP contribution is 2.20. The van der Waals surface area contributed by atoms with E-state index in [1.165, 1.54) is 12.1 Å². The smallest absolute Gasteiger partial charge is 0.256 e. The van der Waals surface area contributed by atoms with Gasteiger partial charge < -0.3 is 5.32 Å². The Morgan fingerprint density at radius 3 is 2.77 bits per heavy atom. The van der Waals surface area contributed by atoms with Crippen molar-refractivity contribution in [3.8, 4) is 0 Å². The molecule has 0 saturated carbocycles. The molecule has 0 aliphatic heterocycles. The fraction of sp³-hybridized carbons (Fsp3) is 0.136. The Bertz CT molecular complexity index is 1190. The van der Waals surface area contributed by atoms with Crippen LogP contribution in [0, 0.1) is 12.7 Å². The summed E-state index contributed by atoms with van der Waals surface area (Å²) in [5.41, 5.74) is 3.10. The molecule has 2 aromatic carbocycles. The van der Waals surface area contributed by atoms with Gasteiger partial charge in [-0.2, -0.15) is 10.2 Å². The van der Waals surface area contributed by atoms with E-state index in [2.05, 4.69) is 15.5 Å². The van der Waals surface area contributed by atoms with Gasteiger partial charge in [0, 0.05) is 34.7 Å². The highest BCUT2D eigenvalue weighted by Gasteiger charge is 2.12. The molecule has 1 amide bonds. The SMILES string of the molecule is Cc1cc(NC(=O)c2cccc(Cn3cccn3)c2)nn1Cc1ccc(F)cc1Cl. The molecule has 30 heavy (non-hydrogen) atoms. The first-order valence-electron chi connectivity index (χ1n) is 9.34. The number of rotatable bonds is 6. The first-order valence-corrected chi connectivity index (χ1v) is 9.72. The second kappa shape index (κ2) is 8.51. The van der Waals surface area contributed by atoms with Gasteiger partial charge in [-0.25, -0.2) is 4.39 Å². The summed E-state index contributed by atoms with van der Waals surface area (Å²) < 4.78 is 16.8. The summed E-state index contributed by atoms with van der Waals surface area (Å²) in [5.74, 6) is -0.196. The van der Waals surface area contributed by atoms with Gasteiger partial charge in [-0.3, -0.25) is 14.2 Å². The molecule has 2 heterocycles. The quantitative estimate of drug-likeness (QED) is 0.495. The van der Waals surface area contributed by atoms with Crippen molar-refractivity contribution in [1.82, 2.24) is 19.6 Å². The third-order valence-electron chi connectivity index (χ3n) is 4.65. The van der Waals surface area contributed by atoms with E-state index in [1.54, 1.807) is 33.8 Å². The van der Waals surface area contributed by atoms with Gasteiger partial charge in [-0.15, -0.1) is 0 Å². The predicted molar refractivity (Wildman–Crippen MR) is 113 cm³/mol. The second-order valence-electron chi connectivity index (χ2n) is 6.92. The van der Waals surface area contributed by atoms with Crippen LogP contribution in [0.1, 0.15) is 27.2 Å². The van der Waals surface area contributed by atoms with Gasteiger partial charge in [0.2, 0.25) is 0 Å². The average Bonchev–Trinajstić information content (AvgIpc) is 3.34. The third kappa shape index (κ3) is 4.58. The molecule has 0 bridgehead atoms. The molecule has 1 N–H and O–H groups in total. The number of amides is 1. The number of aromatic nitrogens is 4. The highest BCUT2D eigenvalue weighted by molar-refractivity contribution is 6.31. The van der Waals surface area contributed by atoms with E-state index < -0.39 is 0 Å². The highest BCUT2D eigenvalue weighted by atomic mass is 35.5. The zero-order chi connectivity index (χ0) is 21.1. The van der Waals surface area contributed by atoms with E-state index in [9.17, 15) is 9.18 Å². The Labute approximate surface area is 177 Å². The molecule has 0 radical (unpaired) electrons. The zero-order valence-electron chi connectivity index (χ0n) is 16.2. The number of nitrogens with one attached hydrogen (secondary N) is 1. The fourth-order valence-corrected chi connectivity index (χ4v) is 3.35. The number of hydrogen-bond donors (Lipinski definition) is 1. The molecule has 0 unspecified atom stereocenters. The van der Waals surface area contributed by atoms with E-state index in [4.69, 9.17) is 11.6 Å². The summed E-state index contributed by atoms with van der Waals surface area (Å²) in [6, 6.07) is 15.3. The van der Waals surface area contributed by atoms with Gasteiger partial charge in [0.1, 0.15) is 5.82 Å². The Balaban J connectivity index is 1.47. The number of nitrogens with zero attached hydrogens (tertiary/aromatic N) is 4. The standard InChI is InChI=1S/C22H19ClFN5O/c1-15-10-21(27-29(15)14-18-6-7-19(24)12-20(18)23)26-22(30)17-5-2-4-16(11-17)13-28-9-3-8-25-28/h2-12H,13-14H2,1H3,(H,26,27,30). The van der Waals surface area contributed by atoms with E-state index in [0.29, 0.717) is 29.5 Å². The molecular formula is C22H19ClFN5O. The molecule has 0 aliphatic carbocycles. The zero-order valence-corrected chi connectivity index (χ0v) is 17.0. The molecule has 0 aliphatic rings. The van der Waals surface area contributed by atoms with Crippen LogP contribution >= 0.6 is 11.6 Å². The average molecular weight is 424 g/mol. The van der Waals surface area contributed by atoms with Crippen molar-refractivity contribution in [2.75, 3.05) is 5.32 Å². The minimum absolute atomic E-state index is 0.248. The van der Waals surface area contributed by atoms with Gasteiger partial charge in [0.05, 0.1) is 13.1 Å². The summed E-state index contributed by atoms with van der Waals surface area (Å²) in [6.45, 7) is 2.84. The topological polar surface area (TPSA) is 64.7 Å². The summed E-state index contributed by atoms with van der Waals surface area (Å²) in [4.78, 5) is 12.7. The monoisotopic (exact) mass is 423 g/mol. The molecule has 8 heteroatoms. The van der Waals surface area contributed by atoms with Crippen LogP contribution in [0.15, 0.2) is 67.0 Å². The minimum atomic E-state index is -0.385. The molecule has 0 spiro atoms. The summed E-state index contributed by atoms with van der Waals surface area (Å²) in [7, 11) is 0. The first-order chi connectivity index (χ1) is 14.5. The Hall–Kier alpha value is -3.45. The molecular weight excluding hydrogens is 405 g/mol. The molecule has 4 rings (SSSR count). The van der Waals surface area contributed by atoms with E-state index >= 15 is 0 Å². The Kier molecular flexibility index (Phi) is 5.63. The molecule has 152 valence electrons. The third-order valence-corrected chi connectivity index (χ3v) is 5.00. The number of halogens is 2. The van der Waals surface area contributed by atoms with Gasteiger partial charge in [-0.1, -0.05) is 29.8 Å². The van der Waals surface area contributed by atoms with Crippen molar-refractivity contribution < 1.29 is 9.18 Å². The van der Waals surface area contributed by atoms with E-state index in [-0.39, 0.29) is 11.7 Å². The van der Waals surface area contributed by atoms with Crippen LogP contribution in [0.4, 0.5) is 10.2 Å². The minimum Gasteiger partial charge on any atom is -0.305 e. The number of carbonyl (C=O) groups excluding carboxylic acids is 1. The van der Waals surface area contributed by atoms with E-state index in [0.717, 1.165) is 16.8 Å². The number of carbonyl (C=O) groups is 1. The van der Waals surface area contributed by atoms with Gasteiger partial charge in [0.15, 0.2) is 5.82 Å². The van der Waals surface area contributed by atoms with Crippen molar-refractivity contribution in [2.24, 2.45) is 0 Å². The maximum atomic E-state index is 13.2.